The van der Waals surface area contributed by atoms with Crippen molar-refractivity contribution in [1.29, 1.82) is 0 Å². The number of hydrogen-bond acceptors (Lipinski definition) is 2. The van der Waals surface area contributed by atoms with E-state index in [2.05, 4.69) is 16.9 Å². The molecule has 2 rings (SSSR count). The number of nitrogens with one attached hydrogen (secondary N) is 1. The van der Waals surface area contributed by atoms with E-state index in [9.17, 15) is 18.0 Å². The Morgan fingerprint density at radius 1 is 1.23 bits per heavy atom. The highest BCUT2D eigenvalue weighted by molar-refractivity contribution is 6.32. The average molecular weight is 327 g/mol. The summed E-state index contributed by atoms with van der Waals surface area (Å²) in [6, 6.07) is 5.25. The Morgan fingerprint density at radius 3 is 2.41 bits per heavy atom. The summed E-state index contributed by atoms with van der Waals surface area (Å²) >= 11 is 5.66. The van der Waals surface area contributed by atoms with Crippen molar-refractivity contribution < 1.29 is 18.0 Å². The molecule has 1 heterocycles. The van der Waals surface area contributed by atoms with Crippen LogP contribution in [0.5, 0.6) is 0 Å². The van der Waals surface area contributed by atoms with Crippen LogP contribution in [-0.4, -0.2) is 10.9 Å². The Morgan fingerprint density at radius 2 is 1.86 bits per heavy atom. The maximum atomic E-state index is 13.2. The van der Waals surface area contributed by atoms with Crippen molar-refractivity contribution in [3.05, 3.63) is 65.0 Å². The van der Waals surface area contributed by atoms with Crippen molar-refractivity contribution >= 4 is 29.3 Å². The maximum Gasteiger partial charge on any atom is 0.419 e. The molecule has 1 amide bonds. The molecule has 0 spiro atoms. The van der Waals surface area contributed by atoms with Gasteiger partial charge in [0.1, 0.15) is 0 Å². The summed E-state index contributed by atoms with van der Waals surface area (Å²) < 4.78 is 39.6. The molecule has 2 aromatic rings. The van der Waals surface area contributed by atoms with Crippen molar-refractivity contribution in [3.63, 3.8) is 0 Å². The zero-order valence-electron chi connectivity index (χ0n) is 11.1. The van der Waals surface area contributed by atoms with Crippen LogP contribution in [0.25, 0.3) is 6.08 Å². The molecule has 1 aromatic carbocycles. The van der Waals surface area contributed by atoms with Gasteiger partial charge in [0.05, 0.1) is 16.3 Å². The number of anilines is 1. The second kappa shape index (κ2) is 6.19. The minimum Gasteiger partial charge on any atom is -0.321 e. The van der Waals surface area contributed by atoms with E-state index in [1.54, 1.807) is 0 Å². The Labute approximate surface area is 129 Å². The third kappa shape index (κ3) is 3.28. The van der Waals surface area contributed by atoms with Crippen LogP contribution in [0.2, 0.25) is 5.02 Å². The lowest BCUT2D eigenvalue weighted by Crippen LogP contribution is -2.18. The van der Waals surface area contributed by atoms with Gasteiger partial charge in [-0.15, -0.1) is 0 Å². The van der Waals surface area contributed by atoms with Crippen molar-refractivity contribution in [2.24, 2.45) is 0 Å². The highest BCUT2D eigenvalue weighted by atomic mass is 35.5. The molecule has 0 aliphatic heterocycles. The molecule has 1 N–H and O–H groups in total. The summed E-state index contributed by atoms with van der Waals surface area (Å²) in [5.74, 6) is -0.696. The van der Waals surface area contributed by atoms with E-state index in [0.717, 1.165) is 6.07 Å². The van der Waals surface area contributed by atoms with Crippen molar-refractivity contribution in [3.8, 4) is 0 Å². The Hall–Kier alpha value is -2.34. The van der Waals surface area contributed by atoms with E-state index in [1.165, 1.54) is 36.7 Å². The molecular weight excluding hydrogens is 317 g/mol. The quantitative estimate of drug-likeness (QED) is 0.892. The molecule has 0 aliphatic rings. The largest absolute Gasteiger partial charge is 0.419 e. The minimum atomic E-state index is -4.71. The molecule has 3 nitrogen and oxygen atoms in total. The minimum absolute atomic E-state index is 0.124. The lowest BCUT2D eigenvalue weighted by molar-refractivity contribution is -0.136. The van der Waals surface area contributed by atoms with Crippen molar-refractivity contribution in [2.45, 2.75) is 6.18 Å². The fourth-order valence-corrected chi connectivity index (χ4v) is 2.13. The number of pyridine rings is 1. The summed E-state index contributed by atoms with van der Waals surface area (Å²) in [4.78, 5) is 15.8. The predicted molar refractivity (Wildman–Crippen MR) is 78.7 cm³/mol. The Balaban J connectivity index is 2.52. The first-order valence-electron chi connectivity index (χ1n) is 6.08. The highest BCUT2D eigenvalue weighted by Gasteiger charge is 2.37. The van der Waals surface area contributed by atoms with Crippen LogP contribution < -0.4 is 5.32 Å². The van der Waals surface area contributed by atoms with Crippen LogP contribution in [0.1, 0.15) is 21.5 Å². The standard InChI is InChI=1S/C15H10ClF3N2O/c1-2-9-3-4-11(16)12(15(17,18)19)13(9)21-14(22)10-5-7-20-8-6-10/h2-8H,1H2,(H,21,22). The van der Waals surface area contributed by atoms with Crippen LogP contribution >= 0.6 is 11.6 Å². The lowest BCUT2D eigenvalue weighted by Gasteiger charge is -2.17. The average Bonchev–Trinajstić information content (AvgIpc) is 2.47. The van der Waals surface area contributed by atoms with E-state index in [0.29, 0.717) is 0 Å². The number of benzene rings is 1. The fraction of sp³-hybridized carbons (Fsp3) is 0.0667. The van der Waals surface area contributed by atoms with Crippen LogP contribution in [0.3, 0.4) is 0 Å². The third-order valence-corrected chi connectivity index (χ3v) is 3.19. The first-order chi connectivity index (χ1) is 10.3. The Bertz CT molecular complexity index is 715. The highest BCUT2D eigenvalue weighted by Crippen LogP contribution is 2.42. The molecule has 0 saturated heterocycles. The SMILES string of the molecule is C=Cc1ccc(Cl)c(C(F)(F)F)c1NC(=O)c1ccncc1. The number of rotatable bonds is 3. The number of carbonyl (C=O) groups is 1. The van der Waals surface area contributed by atoms with Gasteiger partial charge in [-0.25, -0.2) is 0 Å². The number of alkyl halides is 3. The zero-order chi connectivity index (χ0) is 16.3. The summed E-state index contributed by atoms with van der Waals surface area (Å²) in [6.45, 7) is 3.45. The lowest BCUT2D eigenvalue weighted by atomic mass is 10.1. The number of nitrogens with zero attached hydrogens (tertiary/aromatic N) is 1. The molecule has 0 unspecified atom stereocenters. The zero-order valence-corrected chi connectivity index (χ0v) is 11.9. The molecule has 0 fully saturated rings. The summed E-state index contributed by atoms with van der Waals surface area (Å²) in [7, 11) is 0. The second-order valence-corrected chi connectivity index (χ2v) is 4.69. The monoisotopic (exact) mass is 326 g/mol. The van der Waals surface area contributed by atoms with Gasteiger partial charge in [0.15, 0.2) is 0 Å². The van der Waals surface area contributed by atoms with Gasteiger partial charge in [-0.2, -0.15) is 13.2 Å². The predicted octanol–water partition coefficient (Wildman–Crippen LogP) is 4.65. The number of carbonyl (C=O) groups excluding carboxylic acids is 1. The fourth-order valence-electron chi connectivity index (χ4n) is 1.86. The number of aromatic nitrogens is 1. The Kier molecular flexibility index (Phi) is 4.51. The van der Waals surface area contributed by atoms with Crippen molar-refractivity contribution in [2.75, 3.05) is 5.32 Å². The van der Waals surface area contributed by atoms with Gasteiger partial charge in [-0.1, -0.05) is 30.3 Å². The third-order valence-electron chi connectivity index (χ3n) is 2.87. The van der Waals surface area contributed by atoms with Gasteiger partial charge >= 0.3 is 6.18 Å². The van der Waals surface area contributed by atoms with Crippen LogP contribution in [0.4, 0.5) is 18.9 Å². The van der Waals surface area contributed by atoms with Crippen molar-refractivity contribution in [1.82, 2.24) is 4.98 Å². The summed E-state index contributed by atoms with van der Waals surface area (Å²) in [5, 5.41) is 1.75. The van der Waals surface area contributed by atoms with Crippen LogP contribution in [-0.2, 0) is 6.18 Å². The molecule has 0 atom stereocenters. The van der Waals surface area contributed by atoms with E-state index in [-0.39, 0.29) is 11.1 Å². The molecule has 0 aliphatic carbocycles. The van der Waals surface area contributed by atoms with Gasteiger partial charge in [-0.05, 0) is 23.8 Å². The summed E-state index contributed by atoms with van der Waals surface area (Å²) in [6.07, 6.45) is -0.761. The first kappa shape index (κ1) is 16.0. The molecule has 0 radical (unpaired) electrons. The molecule has 114 valence electrons. The van der Waals surface area contributed by atoms with Crippen LogP contribution in [0.15, 0.2) is 43.2 Å². The van der Waals surface area contributed by atoms with Gasteiger partial charge in [-0.3, -0.25) is 9.78 Å². The van der Waals surface area contributed by atoms with Gasteiger partial charge in [0.2, 0.25) is 0 Å². The molecule has 0 saturated carbocycles. The molecular formula is C15H10ClF3N2O. The normalized spacial score (nSPS) is 11.1. The van der Waals surface area contributed by atoms with Crippen LogP contribution in [0, 0.1) is 0 Å². The van der Waals surface area contributed by atoms with E-state index >= 15 is 0 Å². The van der Waals surface area contributed by atoms with E-state index < -0.39 is 28.4 Å². The number of amides is 1. The molecule has 7 heteroatoms. The topological polar surface area (TPSA) is 42.0 Å². The first-order valence-corrected chi connectivity index (χ1v) is 6.46. The molecule has 0 bridgehead atoms. The van der Waals surface area contributed by atoms with Gasteiger partial charge in [0, 0.05) is 18.0 Å². The van der Waals surface area contributed by atoms with Gasteiger partial charge in [0.25, 0.3) is 5.91 Å². The molecule has 22 heavy (non-hydrogen) atoms. The number of halogens is 4. The van der Waals surface area contributed by atoms with E-state index in [1.807, 2.05) is 0 Å². The smallest absolute Gasteiger partial charge is 0.321 e. The van der Waals surface area contributed by atoms with Gasteiger partial charge < -0.3 is 5.32 Å². The maximum absolute atomic E-state index is 13.2. The number of hydrogen-bond donors (Lipinski definition) is 1. The summed E-state index contributed by atoms with van der Waals surface area (Å²) in [5.41, 5.74) is -1.22. The van der Waals surface area contributed by atoms with E-state index in [4.69, 9.17) is 11.6 Å². The molecule has 1 aromatic heterocycles. The second-order valence-electron chi connectivity index (χ2n) is 4.28.